The molecule has 0 aromatic heterocycles. The van der Waals surface area contributed by atoms with E-state index in [1.807, 2.05) is 18.2 Å². The topological polar surface area (TPSA) is 45.5 Å². The smallest absolute Gasteiger partial charge is 0.161 e. The van der Waals surface area contributed by atoms with Crippen LogP contribution in [0.1, 0.15) is 56.2 Å². The lowest BCUT2D eigenvalue weighted by Gasteiger charge is -2.34. The van der Waals surface area contributed by atoms with Gasteiger partial charge in [0.15, 0.2) is 11.5 Å². The third-order valence-electron chi connectivity index (χ3n) is 8.21. The van der Waals surface area contributed by atoms with Gasteiger partial charge in [-0.2, -0.15) is 5.26 Å². The summed E-state index contributed by atoms with van der Waals surface area (Å²) in [6.07, 6.45) is 3.40. The summed E-state index contributed by atoms with van der Waals surface area (Å²) in [5.74, 6) is 0.865. The molecular formula is C34H39ClF2N2O2. The van der Waals surface area contributed by atoms with Gasteiger partial charge in [-0.15, -0.1) is 12.4 Å². The van der Waals surface area contributed by atoms with Gasteiger partial charge in [-0.05, 0) is 96.8 Å². The van der Waals surface area contributed by atoms with Crippen molar-refractivity contribution in [1.82, 2.24) is 4.90 Å². The molecule has 1 atom stereocenters. The highest BCUT2D eigenvalue weighted by molar-refractivity contribution is 5.85. The number of halogens is 3. The highest BCUT2D eigenvalue weighted by atomic mass is 35.5. The zero-order chi connectivity index (χ0) is 28.7. The first-order valence-corrected chi connectivity index (χ1v) is 13.9. The highest BCUT2D eigenvalue weighted by Gasteiger charge is 2.36. The molecule has 1 fully saturated rings. The molecule has 0 aliphatic carbocycles. The van der Waals surface area contributed by atoms with Gasteiger partial charge in [0, 0.05) is 13.1 Å². The van der Waals surface area contributed by atoms with E-state index in [-0.39, 0.29) is 30.0 Å². The first-order valence-electron chi connectivity index (χ1n) is 13.9. The van der Waals surface area contributed by atoms with Gasteiger partial charge in [-0.3, -0.25) is 0 Å². The van der Waals surface area contributed by atoms with E-state index >= 15 is 0 Å². The molecule has 1 aliphatic rings. The zero-order valence-electron chi connectivity index (χ0n) is 24.3. The number of likely N-dealkylation sites (tertiary alicyclic amines) is 1. The van der Waals surface area contributed by atoms with Crippen molar-refractivity contribution in [3.63, 3.8) is 0 Å². The summed E-state index contributed by atoms with van der Waals surface area (Å²) in [7, 11) is 3.22. The number of nitrogens with zero attached hydrogens (tertiary/aromatic N) is 2. The number of nitriles is 1. The Labute approximate surface area is 249 Å². The van der Waals surface area contributed by atoms with E-state index in [1.165, 1.54) is 29.8 Å². The average Bonchev–Trinajstić information content (AvgIpc) is 2.97. The molecule has 3 aromatic rings. The zero-order valence-corrected chi connectivity index (χ0v) is 25.1. The molecule has 41 heavy (non-hydrogen) atoms. The Kier molecular flexibility index (Phi) is 11.3. The summed E-state index contributed by atoms with van der Waals surface area (Å²) in [5, 5.41) is 10.4. The van der Waals surface area contributed by atoms with Gasteiger partial charge in [0.2, 0.25) is 0 Å². The fourth-order valence-corrected chi connectivity index (χ4v) is 5.82. The maximum absolute atomic E-state index is 13.7. The average molecular weight is 581 g/mol. The normalized spacial score (nSPS) is 15.0. The van der Waals surface area contributed by atoms with Crippen LogP contribution in [-0.4, -0.2) is 38.8 Å². The maximum Gasteiger partial charge on any atom is 0.161 e. The molecule has 1 unspecified atom stereocenters. The van der Waals surface area contributed by atoms with E-state index in [1.54, 1.807) is 38.5 Å². The van der Waals surface area contributed by atoms with E-state index in [4.69, 9.17) is 9.47 Å². The number of rotatable bonds is 10. The van der Waals surface area contributed by atoms with Crippen molar-refractivity contribution in [3.05, 3.63) is 101 Å². The van der Waals surface area contributed by atoms with Gasteiger partial charge in [0.25, 0.3) is 0 Å². The van der Waals surface area contributed by atoms with E-state index in [0.717, 1.165) is 67.6 Å². The van der Waals surface area contributed by atoms with E-state index in [0.29, 0.717) is 11.5 Å². The third-order valence-corrected chi connectivity index (χ3v) is 8.21. The Bertz CT molecular complexity index is 1310. The van der Waals surface area contributed by atoms with Crippen molar-refractivity contribution in [3.8, 4) is 17.6 Å². The highest BCUT2D eigenvalue weighted by Crippen LogP contribution is 2.41. The molecule has 0 amide bonds. The second kappa shape index (κ2) is 14.5. The van der Waals surface area contributed by atoms with Crippen LogP contribution in [0.2, 0.25) is 0 Å². The van der Waals surface area contributed by atoms with Crippen LogP contribution in [0.15, 0.2) is 72.3 Å². The number of hydrogen-bond donors (Lipinski definition) is 0. The molecule has 0 N–H and O–H groups in total. The van der Waals surface area contributed by atoms with Gasteiger partial charge in [-0.1, -0.05) is 49.8 Å². The molecule has 1 heterocycles. The summed E-state index contributed by atoms with van der Waals surface area (Å²) >= 11 is 0. The molecule has 1 saturated heterocycles. The Morgan fingerprint density at radius 2 is 1.41 bits per heavy atom. The predicted molar refractivity (Wildman–Crippen MR) is 163 cm³/mol. The standard InChI is InChI=1S/C34H38F2N2O2.ClH/c1-24(2)34(23-37,28-10-15-31(39-3)32(22-28)40-4)18-5-19-38-20-16-27(17-21-38)33(25-6-11-29(35)12-7-25)26-8-13-30(36)14-9-26;/h6-15,22,24H,5,16-21H2,1-4H3;1H. The van der Waals surface area contributed by atoms with Crippen LogP contribution < -0.4 is 9.47 Å². The summed E-state index contributed by atoms with van der Waals surface area (Å²) in [6.45, 7) is 6.91. The Hall–Kier alpha value is -3.40. The third kappa shape index (κ3) is 7.28. The van der Waals surface area contributed by atoms with Gasteiger partial charge in [0.05, 0.1) is 25.7 Å². The van der Waals surface area contributed by atoms with Crippen molar-refractivity contribution in [2.75, 3.05) is 33.9 Å². The number of benzene rings is 3. The van der Waals surface area contributed by atoms with E-state index in [2.05, 4.69) is 24.8 Å². The molecular weight excluding hydrogens is 542 g/mol. The van der Waals surface area contributed by atoms with Crippen molar-refractivity contribution in [2.24, 2.45) is 5.92 Å². The molecule has 4 nitrogen and oxygen atoms in total. The molecule has 4 rings (SSSR count). The SMILES string of the molecule is COc1ccc(C(C#N)(CCCN2CCC(=C(c3ccc(F)cc3)c3ccc(F)cc3)CC2)C(C)C)cc1OC.Cl. The summed E-state index contributed by atoms with van der Waals surface area (Å²) < 4.78 is 38.2. The summed E-state index contributed by atoms with van der Waals surface area (Å²) in [4.78, 5) is 2.45. The fraction of sp³-hybridized carbons (Fsp3) is 0.382. The minimum absolute atomic E-state index is 0. The van der Waals surface area contributed by atoms with Crippen LogP contribution in [0, 0.1) is 28.9 Å². The first kappa shape index (κ1) is 32.1. The number of hydrogen-bond acceptors (Lipinski definition) is 4. The molecule has 218 valence electrons. The van der Waals surface area contributed by atoms with Gasteiger partial charge < -0.3 is 14.4 Å². The lowest BCUT2D eigenvalue weighted by molar-refractivity contribution is 0.238. The monoisotopic (exact) mass is 580 g/mol. The number of ether oxygens (including phenoxy) is 2. The van der Waals surface area contributed by atoms with Gasteiger partial charge in [-0.25, -0.2) is 8.78 Å². The van der Waals surface area contributed by atoms with Crippen molar-refractivity contribution in [2.45, 2.75) is 44.9 Å². The lowest BCUT2D eigenvalue weighted by Crippen LogP contribution is -2.35. The van der Waals surface area contributed by atoms with Crippen LogP contribution in [-0.2, 0) is 5.41 Å². The van der Waals surface area contributed by atoms with Crippen molar-refractivity contribution < 1.29 is 18.3 Å². The molecule has 1 aliphatic heterocycles. The van der Waals surface area contributed by atoms with Gasteiger partial charge >= 0.3 is 0 Å². The van der Waals surface area contributed by atoms with E-state index < -0.39 is 5.41 Å². The predicted octanol–water partition coefficient (Wildman–Crippen LogP) is 8.20. The van der Waals surface area contributed by atoms with Gasteiger partial charge in [0.1, 0.15) is 11.6 Å². The van der Waals surface area contributed by atoms with Crippen LogP contribution in [0.4, 0.5) is 8.78 Å². The van der Waals surface area contributed by atoms with Crippen LogP contribution in [0.25, 0.3) is 5.57 Å². The Morgan fingerprint density at radius 1 is 0.878 bits per heavy atom. The molecule has 0 bridgehead atoms. The summed E-state index contributed by atoms with van der Waals surface area (Å²) in [6, 6.07) is 21.5. The molecule has 0 saturated carbocycles. The number of piperidine rings is 1. The molecule has 3 aromatic carbocycles. The minimum Gasteiger partial charge on any atom is -0.493 e. The van der Waals surface area contributed by atoms with Crippen LogP contribution in [0.5, 0.6) is 11.5 Å². The molecule has 0 radical (unpaired) electrons. The fourth-order valence-electron chi connectivity index (χ4n) is 5.82. The second-order valence-electron chi connectivity index (χ2n) is 10.7. The van der Waals surface area contributed by atoms with Crippen LogP contribution >= 0.6 is 12.4 Å². The van der Waals surface area contributed by atoms with Crippen molar-refractivity contribution >= 4 is 18.0 Å². The quantitative estimate of drug-likeness (QED) is 0.242. The Balaban J connectivity index is 0.00000462. The van der Waals surface area contributed by atoms with E-state index in [9.17, 15) is 14.0 Å². The second-order valence-corrected chi connectivity index (χ2v) is 10.7. The largest absolute Gasteiger partial charge is 0.493 e. The van der Waals surface area contributed by atoms with Crippen molar-refractivity contribution in [1.29, 1.82) is 5.26 Å². The summed E-state index contributed by atoms with van der Waals surface area (Å²) in [5.41, 5.74) is 4.59. The minimum atomic E-state index is -0.626. The Morgan fingerprint density at radius 3 is 1.88 bits per heavy atom. The maximum atomic E-state index is 13.7. The lowest BCUT2D eigenvalue weighted by atomic mass is 9.69. The van der Waals surface area contributed by atoms with Crippen LogP contribution in [0.3, 0.4) is 0 Å². The first-order chi connectivity index (χ1) is 19.3. The number of methoxy groups -OCH3 is 2. The molecule has 7 heteroatoms. The molecule has 0 spiro atoms.